The number of carbonyl (C=O) groups is 1. The number of benzene rings is 2. The first-order chi connectivity index (χ1) is 11.3. The highest BCUT2D eigenvalue weighted by molar-refractivity contribution is 5.61. The number of piperidine rings is 1. The van der Waals surface area contributed by atoms with Gasteiger partial charge in [-0.2, -0.15) is 0 Å². The highest BCUT2D eigenvalue weighted by atomic mass is 16.5. The summed E-state index contributed by atoms with van der Waals surface area (Å²) in [4.78, 5) is 13.9. The molecule has 0 amide bonds. The Balaban J connectivity index is 1.66. The molecule has 1 aliphatic rings. The summed E-state index contributed by atoms with van der Waals surface area (Å²) in [5.41, 5.74) is 2.42. The highest BCUT2D eigenvalue weighted by Gasteiger charge is 2.26. The van der Waals surface area contributed by atoms with Crippen molar-refractivity contribution in [3.8, 4) is 5.75 Å². The summed E-state index contributed by atoms with van der Waals surface area (Å²) in [6, 6.07) is 18.3. The molecule has 2 aromatic rings. The van der Waals surface area contributed by atoms with Crippen molar-refractivity contribution >= 4 is 6.29 Å². The molecular weight excluding hydrogens is 286 g/mol. The van der Waals surface area contributed by atoms with Gasteiger partial charge < -0.3 is 9.53 Å². The summed E-state index contributed by atoms with van der Waals surface area (Å²) in [7, 11) is 1.70. The second kappa shape index (κ2) is 7.42. The van der Waals surface area contributed by atoms with E-state index >= 15 is 0 Å². The van der Waals surface area contributed by atoms with Gasteiger partial charge in [0, 0.05) is 0 Å². The lowest BCUT2D eigenvalue weighted by Gasteiger charge is -2.35. The lowest BCUT2D eigenvalue weighted by molar-refractivity contribution is -0.113. The second-order valence-corrected chi connectivity index (χ2v) is 6.08. The standard InChI is InChI=1S/C20H23NO2/c1-23-19-9-5-8-18(14-19)16-10-12-21(13-11-16)20(15-22)17-6-3-2-4-7-17/h2-9,14-16,20H,10-13H2,1H3/t20-/m1/s1. The van der Waals surface area contributed by atoms with Crippen molar-refractivity contribution in [1.29, 1.82) is 0 Å². The van der Waals surface area contributed by atoms with Gasteiger partial charge >= 0.3 is 0 Å². The predicted molar refractivity (Wildman–Crippen MR) is 91.8 cm³/mol. The van der Waals surface area contributed by atoms with E-state index < -0.39 is 0 Å². The monoisotopic (exact) mass is 309 g/mol. The Hall–Kier alpha value is -2.13. The Kier molecular flexibility index (Phi) is 5.09. The quantitative estimate of drug-likeness (QED) is 0.787. The third-order valence-corrected chi connectivity index (χ3v) is 4.76. The fraction of sp³-hybridized carbons (Fsp3) is 0.350. The van der Waals surface area contributed by atoms with Crippen LogP contribution in [0.5, 0.6) is 5.75 Å². The molecule has 0 N–H and O–H groups in total. The van der Waals surface area contributed by atoms with Crippen LogP contribution in [0.2, 0.25) is 0 Å². The second-order valence-electron chi connectivity index (χ2n) is 6.08. The number of hydrogen-bond donors (Lipinski definition) is 0. The van der Waals surface area contributed by atoms with Gasteiger partial charge in [-0.25, -0.2) is 0 Å². The van der Waals surface area contributed by atoms with Crippen LogP contribution in [0.4, 0.5) is 0 Å². The predicted octanol–water partition coefficient (Wildman–Crippen LogP) is 3.81. The van der Waals surface area contributed by atoms with Gasteiger partial charge in [0.05, 0.1) is 13.2 Å². The summed E-state index contributed by atoms with van der Waals surface area (Å²) in [5.74, 6) is 1.46. The molecule has 3 nitrogen and oxygen atoms in total. The van der Waals surface area contributed by atoms with Gasteiger partial charge in [0.2, 0.25) is 0 Å². The molecule has 3 heteroatoms. The van der Waals surface area contributed by atoms with Crippen LogP contribution in [0, 0.1) is 0 Å². The number of likely N-dealkylation sites (tertiary alicyclic amines) is 1. The molecule has 0 aliphatic carbocycles. The number of nitrogens with zero attached hydrogens (tertiary/aromatic N) is 1. The molecule has 1 aliphatic heterocycles. The first kappa shape index (κ1) is 15.8. The van der Waals surface area contributed by atoms with E-state index in [1.165, 1.54) is 5.56 Å². The maximum Gasteiger partial charge on any atom is 0.141 e. The third-order valence-electron chi connectivity index (χ3n) is 4.76. The van der Waals surface area contributed by atoms with E-state index in [0.29, 0.717) is 5.92 Å². The molecule has 2 aromatic carbocycles. The zero-order valence-electron chi connectivity index (χ0n) is 13.5. The fourth-order valence-electron chi connectivity index (χ4n) is 3.43. The average Bonchev–Trinajstić information content (AvgIpc) is 2.64. The van der Waals surface area contributed by atoms with E-state index in [2.05, 4.69) is 23.1 Å². The number of carbonyl (C=O) groups excluding carboxylic acids is 1. The molecular formula is C20H23NO2. The maximum atomic E-state index is 11.6. The minimum atomic E-state index is -0.123. The smallest absolute Gasteiger partial charge is 0.141 e. The fourth-order valence-corrected chi connectivity index (χ4v) is 3.43. The Bertz CT molecular complexity index is 633. The highest BCUT2D eigenvalue weighted by Crippen LogP contribution is 2.32. The molecule has 1 atom stereocenters. The number of methoxy groups -OCH3 is 1. The van der Waals surface area contributed by atoms with E-state index in [4.69, 9.17) is 4.74 Å². The number of hydrogen-bond acceptors (Lipinski definition) is 3. The third kappa shape index (κ3) is 3.62. The molecule has 1 heterocycles. The first-order valence-electron chi connectivity index (χ1n) is 8.20. The summed E-state index contributed by atoms with van der Waals surface area (Å²) >= 11 is 0. The van der Waals surface area contributed by atoms with Crippen LogP contribution in [0.1, 0.15) is 35.9 Å². The molecule has 1 saturated heterocycles. The molecule has 0 saturated carbocycles. The van der Waals surface area contributed by atoms with E-state index in [1.807, 2.05) is 36.4 Å². The summed E-state index contributed by atoms with van der Waals surface area (Å²) in [6.07, 6.45) is 3.22. The topological polar surface area (TPSA) is 29.5 Å². The van der Waals surface area contributed by atoms with Gasteiger partial charge in [0.15, 0.2) is 0 Å². The Labute approximate surface area is 137 Å². The van der Waals surface area contributed by atoms with Gasteiger partial charge in [-0.3, -0.25) is 4.90 Å². The molecule has 0 aromatic heterocycles. The first-order valence-corrected chi connectivity index (χ1v) is 8.20. The van der Waals surface area contributed by atoms with Crippen molar-refractivity contribution in [1.82, 2.24) is 4.90 Å². The zero-order valence-corrected chi connectivity index (χ0v) is 13.5. The van der Waals surface area contributed by atoms with Crippen molar-refractivity contribution in [2.45, 2.75) is 24.8 Å². The van der Waals surface area contributed by atoms with Crippen molar-refractivity contribution < 1.29 is 9.53 Å². The summed E-state index contributed by atoms with van der Waals surface area (Å²) in [6.45, 7) is 1.89. The maximum absolute atomic E-state index is 11.6. The molecule has 0 bridgehead atoms. The summed E-state index contributed by atoms with van der Waals surface area (Å²) < 4.78 is 5.32. The van der Waals surface area contributed by atoms with Gasteiger partial charge in [-0.15, -0.1) is 0 Å². The minimum Gasteiger partial charge on any atom is -0.497 e. The lowest BCUT2D eigenvalue weighted by Crippen LogP contribution is -2.36. The van der Waals surface area contributed by atoms with Crippen LogP contribution in [0.15, 0.2) is 54.6 Å². The average molecular weight is 309 g/mol. The number of aldehydes is 1. The van der Waals surface area contributed by atoms with Gasteiger partial charge in [-0.05, 0) is 55.1 Å². The lowest BCUT2D eigenvalue weighted by atomic mass is 9.88. The molecule has 0 spiro atoms. The Morgan fingerprint density at radius 1 is 1.09 bits per heavy atom. The zero-order chi connectivity index (χ0) is 16.1. The summed E-state index contributed by atoms with van der Waals surface area (Å²) in [5, 5.41) is 0. The molecule has 23 heavy (non-hydrogen) atoms. The Morgan fingerprint density at radius 3 is 2.48 bits per heavy atom. The number of ether oxygens (including phenoxy) is 1. The van der Waals surface area contributed by atoms with Crippen LogP contribution in [0.3, 0.4) is 0 Å². The van der Waals surface area contributed by atoms with Gasteiger partial charge in [-0.1, -0.05) is 42.5 Å². The molecule has 3 rings (SSSR count). The molecule has 120 valence electrons. The molecule has 0 unspecified atom stereocenters. The van der Waals surface area contributed by atoms with Crippen LogP contribution >= 0.6 is 0 Å². The van der Waals surface area contributed by atoms with E-state index in [0.717, 1.165) is 43.5 Å². The van der Waals surface area contributed by atoms with Crippen LogP contribution in [-0.2, 0) is 4.79 Å². The van der Waals surface area contributed by atoms with Crippen LogP contribution in [-0.4, -0.2) is 31.4 Å². The Morgan fingerprint density at radius 2 is 1.83 bits per heavy atom. The van der Waals surface area contributed by atoms with Crippen LogP contribution in [0.25, 0.3) is 0 Å². The van der Waals surface area contributed by atoms with Gasteiger partial charge in [0.1, 0.15) is 12.0 Å². The van der Waals surface area contributed by atoms with E-state index in [9.17, 15) is 4.79 Å². The van der Waals surface area contributed by atoms with Crippen LogP contribution < -0.4 is 4.74 Å². The van der Waals surface area contributed by atoms with Crippen molar-refractivity contribution in [2.75, 3.05) is 20.2 Å². The SMILES string of the molecule is COc1cccc(C2CCN([C@H](C=O)c3ccccc3)CC2)c1. The minimum absolute atomic E-state index is 0.123. The van der Waals surface area contributed by atoms with E-state index in [-0.39, 0.29) is 6.04 Å². The molecule has 1 fully saturated rings. The van der Waals surface area contributed by atoms with Crippen molar-refractivity contribution in [3.05, 3.63) is 65.7 Å². The van der Waals surface area contributed by atoms with E-state index in [1.54, 1.807) is 7.11 Å². The van der Waals surface area contributed by atoms with Crippen molar-refractivity contribution in [2.24, 2.45) is 0 Å². The normalized spacial score (nSPS) is 17.6. The largest absolute Gasteiger partial charge is 0.497 e. The van der Waals surface area contributed by atoms with Crippen molar-refractivity contribution in [3.63, 3.8) is 0 Å². The van der Waals surface area contributed by atoms with Gasteiger partial charge in [0.25, 0.3) is 0 Å². The number of rotatable bonds is 5. The molecule has 0 radical (unpaired) electrons.